The Labute approximate surface area is 124 Å². The maximum atomic E-state index is 9.75. The number of para-hydroxylation sites is 1. The molecule has 0 bridgehead atoms. The second-order valence-electron chi connectivity index (χ2n) is 5.28. The van der Waals surface area contributed by atoms with Crippen LogP contribution in [0.3, 0.4) is 0 Å². The molecule has 1 N–H and O–H groups in total. The smallest absolute Gasteiger partial charge is 0.151 e. The normalized spacial score (nSPS) is 20.2. The van der Waals surface area contributed by atoms with Crippen LogP contribution in [0.25, 0.3) is 0 Å². The third-order valence-corrected chi connectivity index (χ3v) is 4.24. The van der Waals surface area contributed by atoms with Crippen molar-refractivity contribution in [1.82, 2.24) is 0 Å². The first-order valence-corrected chi connectivity index (χ1v) is 7.06. The SMILES string of the molecule is Cc1ccc2c(c1)C(C#N)(Nc1ccccc1Cl)CC2. The van der Waals surface area contributed by atoms with E-state index in [0.717, 1.165) is 24.1 Å². The van der Waals surface area contributed by atoms with E-state index < -0.39 is 5.54 Å². The molecule has 1 aliphatic rings. The van der Waals surface area contributed by atoms with E-state index >= 15 is 0 Å². The van der Waals surface area contributed by atoms with Gasteiger partial charge in [-0.25, -0.2) is 0 Å². The summed E-state index contributed by atoms with van der Waals surface area (Å²) in [5.74, 6) is 0. The van der Waals surface area contributed by atoms with Crippen LogP contribution in [0.4, 0.5) is 5.69 Å². The Bertz CT molecular complexity index is 702. The van der Waals surface area contributed by atoms with Gasteiger partial charge in [-0.1, -0.05) is 47.5 Å². The van der Waals surface area contributed by atoms with Gasteiger partial charge in [0.2, 0.25) is 0 Å². The third kappa shape index (κ3) is 2.05. The van der Waals surface area contributed by atoms with Crippen LogP contribution in [0.5, 0.6) is 0 Å². The van der Waals surface area contributed by atoms with Gasteiger partial charge in [0.05, 0.1) is 16.8 Å². The van der Waals surface area contributed by atoms with E-state index in [-0.39, 0.29) is 0 Å². The summed E-state index contributed by atoms with van der Waals surface area (Å²) in [5.41, 5.74) is 3.64. The molecule has 0 fully saturated rings. The van der Waals surface area contributed by atoms with Crippen molar-refractivity contribution in [3.63, 3.8) is 0 Å². The molecule has 0 saturated heterocycles. The first-order valence-electron chi connectivity index (χ1n) is 6.69. The van der Waals surface area contributed by atoms with Gasteiger partial charge in [-0.15, -0.1) is 0 Å². The van der Waals surface area contributed by atoms with Crippen molar-refractivity contribution in [2.45, 2.75) is 25.3 Å². The average molecular weight is 283 g/mol. The molecule has 100 valence electrons. The lowest BCUT2D eigenvalue weighted by Gasteiger charge is -2.26. The molecule has 0 heterocycles. The van der Waals surface area contributed by atoms with Crippen molar-refractivity contribution >= 4 is 17.3 Å². The molecule has 1 atom stereocenters. The Morgan fingerprint density at radius 1 is 1.25 bits per heavy atom. The van der Waals surface area contributed by atoms with Gasteiger partial charge in [-0.05, 0) is 43.0 Å². The number of fused-ring (bicyclic) bond motifs is 1. The van der Waals surface area contributed by atoms with Crippen molar-refractivity contribution < 1.29 is 0 Å². The number of halogens is 1. The zero-order valence-corrected chi connectivity index (χ0v) is 12.0. The fraction of sp³-hybridized carbons (Fsp3) is 0.235. The summed E-state index contributed by atoms with van der Waals surface area (Å²) in [6.45, 7) is 2.05. The third-order valence-electron chi connectivity index (χ3n) is 3.91. The first-order chi connectivity index (χ1) is 9.64. The number of hydrogen-bond donors (Lipinski definition) is 1. The number of benzene rings is 2. The van der Waals surface area contributed by atoms with Crippen LogP contribution in [0.15, 0.2) is 42.5 Å². The number of nitrogens with one attached hydrogen (secondary N) is 1. The van der Waals surface area contributed by atoms with E-state index in [2.05, 4.69) is 36.5 Å². The molecule has 0 aromatic heterocycles. The highest BCUT2D eigenvalue weighted by atomic mass is 35.5. The lowest BCUT2D eigenvalue weighted by atomic mass is 9.92. The van der Waals surface area contributed by atoms with E-state index in [9.17, 15) is 5.26 Å². The van der Waals surface area contributed by atoms with Gasteiger partial charge in [-0.3, -0.25) is 0 Å². The molecule has 0 aliphatic heterocycles. The molecule has 3 rings (SSSR count). The highest BCUT2D eigenvalue weighted by Crippen LogP contribution is 2.40. The fourth-order valence-electron chi connectivity index (χ4n) is 2.83. The molecule has 2 nitrogen and oxygen atoms in total. The van der Waals surface area contributed by atoms with Crippen molar-refractivity contribution in [3.05, 3.63) is 64.2 Å². The van der Waals surface area contributed by atoms with Gasteiger partial charge in [0.1, 0.15) is 0 Å². The predicted molar refractivity (Wildman–Crippen MR) is 81.9 cm³/mol. The first kappa shape index (κ1) is 13.0. The Morgan fingerprint density at radius 2 is 2.05 bits per heavy atom. The number of nitrogens with zero attached hydrogens (tertiary/aromatic N) is 1. The van der Waals surface area contributed by atoms with Gasteiger partial charge in [0, 0.05) is 0 Å². The second-order valence-corrected chi connectivity index (χ2v) is 5.69. The highest BCUT2D eigenvalue weighted by molar-refractivity contribution is 6.33. The summed E-state index contributed by atoms with van der Waals surface area (Å²) in [6.07, 6.45) is 1.69. The number of hydrogen-bond acceptors (Lipinski definition) is 2. The van der Waals surface area contributed by atoms with Crippen LogP contribution >= 0.6 is 11.6 Å². The maximum absolute atomic E-state index is 9.75. The summed E-state index contributed by atoms with van der Waals surface area (Å²) >= 11 is 6.21. The van der Waals surface area contributed by atoms with Gasteiger partial charge < -0.3 is 5.32 Å². The van der Waals surface area contributed by atoms with Crippen LogP contribution < -0.4 is 5.32 Å². The topological polar surface area (TPSA) is 35.8 Å². The van der Waals surface area contributed by atoms with Gasteiger partial charge >= 0.3 is 0 Å². The molecule has 1 aliphatic carbocycles. The van der Waals surface area contributed by atoms with Gasteiger partial charge in [0.25, 0.3) is 0 Å². The predicted octanol–water partition coefficient (Wildman–Crippen LogP) is 4.43. The zero-order chi connectivity index (χ0) is 14.2. The molecule has 0 radical (unpaired) electrons. The summed E-state index contributed by atoms with van der Waals surface area (Å²) in [5, 5.41) is 13.8. The van der Waals surface area contributed by atoms with Crippen LogP contribution in [0.2, 0.25) is 5.02 Å². The number of rotatable bonds is 2. The number of aryl methyl sites for hydroxylation is 2. The van der Waals surface area contributed by atoms with Crippen molar-refractivity contribution in [2.24, 2.45) is 0 Å². The summed E-state index contributed by atoms with van der Waals surface area (Å²) in [7, 11) is 0. The van der Waals surface area contributed by atoms with Crippen LogP contribution in [0, 0.1) is 18.3 Å². The van der Waals surface area contributed by atoms with Gasteiger partial charge in [0.15, 0.2) is 5.54 Å². The van der Waals surface area contributed by atoms with E-state index in [1.54, 1.807) is 0 Å². The minimum atomic E-state index is -0.674. The summed E-state index contributed by atoms with van der Waals surface area (Å²) < 4.78 is 0. The molecule has 0 spiro atoms. The van der Waals surface area contributed by atoms with E-state index in [0.29, 0.717) is 5.02 Å². The Hall–Kier alpha value is -1.98. The minimum Gasteiger partial charge on any atom is -0.362 e. The second kappa shape index (κ2) is 4.85. The fourth-order valence-corrected chi connectivity index (χ4v) is 3.01. The maximum Gasteiger partial charge on any atom is 0.151 e. The lowest BCUT2D eigenvalue weighted by Crippen LogP contribution is -2.31. The standard InChI is InChI=1S/C17H15ClN2/c1-12-6-7-13-8-9-17(11-19,14(13)10-12)20-16-5-3-2-4-15(16)18/h2-7,10,20H,8-9H2,1H3. The number of nitriles is 1. The van der Waals surface area contributed by atoms with Crippen LogP contribution in [-0.2, 0) is 12.0 Å². The Morgan fingerprint density at radius 3 is 2.80 bits per heavy atom. The van der Waals surface area contributed by atoms with Crippen molar-refractivity contribution in [3.8, 4) is 6.07 Å². The summed E-state index contributed by atoms with van der Waals surface area (Å²) in [6, 6.07) is 16.4. The van der Waals surface area contributed by atoms with Crippen LogP contribution in [-0.4, -0.2) is 0 Å². The van der Waals surface area contributed by atoms with E-state index in [1.807, 2.05) is 24.3 Å². The molecule has 2 aromatic carbocycles. The molecule has 1 unspecified atom stereocenters. The molecule has 0 amide bonds. The highest BCUT2D eigenvalue weighted by Gasteiger charge is 2.39. The van der Waals surface area contributed by atoms with E-state index in [1.165, 1.54) is 11.1 Å². The largest absolute Gasteiger partial charge is 0.362 e. The monoisotopic (exact) mass is 282 g/mol. The quantitative estimate of drug-likeness (QED) is 0.885. The molecular weight excluding hydrogens is 268 g/mol. The minimum absolute atomic E-state index is 0.642. The molecule has 0 saturated carbocycles. The molecule has 2 aromatic rings. The summed E-state index contributed by atoms with van der Waals surface area (Å²) in [4.78, 5) is 0. The van der Waals surface area contributed by atoms with E-state index in [4.69, 9.17) is 11.6 Å². The number of anilines is 1. The Balaban J connectivity index is 2.06. The Kier molecular flexibility index (Phi) is 3.16. The molecule has 20 heavy (non-hydrogen) atoms. The van der Waals surface area contributed by atoms with Gasteiger partial charge in [-0.2, -0.15) is 5.26 Å². The van der Waals surface area contributed by atoms with Crippen molar-refractivity contribution in [1.29, 1.82) is 5.26 Å². The van der Waals surface area contributed by atoms with Crippen LogP contribution in [0.1, 0.15) is 23.1 Å². The lowest BCUT2D eigenvalue weighted by molar-refractivity contribution is 0.621. The molecule has 3 heteroatoms. The molecular formula is C17H15ClN2. The van der Waals surface area contributed by atoms with Crippen molar-refractivity contribution in [2.75, 3.05) is 5.32 Å². The zero-order valence-electron chi connectivity index (χ0n) is 11.3. The average Bonchev–Trinajstić information content (AvgIpc) is 2.80.